The number of nitrogens with zero attached hydrogens (tertiary/aromatic N) is 1. The van der Waals surface area contributed by atoms with Crippen molar-refractivity contribution >= 4 is 28.5 Å². The van der Waals surface area contributed by atoms with E-state index in [4.69, 9.17) is 30.8 Å². The molecule has 2 aromatic rings. The Morgan fingerprint density at radius 3 is 2.58 bits per heavy atom. The van der Waals surface area contributed by atoms with Crippen LogP contribution in [0, 0.1) is 0 Å². The normalized spacial score (nSPS) is 21.6. The van der Waals surface area contributed by atoms with Crippen LogP contribution in [0.2, 0.25) is 0 Å². The first-order valence-electron chi connectivity index (χ1n) is 11.1. The molecule has 31 heavy (non-hydrogen) atoms. The van der Waals surface area contributed by atoms with E-state index in [1.165, 1.54) is 13.5 Å². The van der Waals surface area contributed by atoms with E-state index in [2.05, 4.69) is 5.32 Å². The van der Waals surface area contributed by atoms with Gasteiger partial charge in [0.15, 0.2) is 0 Å². The van der Waals surface area contributed by atoms with Gasteiger partial charge in [0.05, 0.1) is 30.8 Å². The zero-order valence-electron chi connectivity index (χ0n) is 19.0. The minimum Gasteiger partial charge on any atom is -0.497 e. The van der Waals surface area contributed by atoms with Crippen molar-refractivity contribution in [2.24, 2.45) is 0 Å². The first-order chi connectivity index (χ1) is 15.0. The SMILES string of the molecule is CC.COC(=O)C1CC(Oc2c(C3CCC3)nc3ccc(OC)cc3c2C(C)Cl)CN1. The summed E-state index contributed by atoms with van der Waals surface area (Å²) < 4.78 is 16.8. The van der Waals surface area contributed by atoms with E-state index in [9.17, 15) is 4.79 Å². The third kappa shape index (κ3) is 4.90. The fourth-order valence-electron chi connectivity index (χ4n) is 4.15. The van der Waals surface area contributed by atoms with E-state index in [-0.39, 0.29) is 23.5 Å². The second-order valence-corrected chi connectivity index (χ2v) is 8.48. The van der Waals surface area contributed by atoms with Crippen LogP contribution in [0.4, 0.5) is 0 Å². The number of halogens is 1. The summed E-state index contributed by atoms with van der Waals surface area (Å²) in [6, 6.07) is 5.53. The number of pyridine rings is 1. The van der Waals surface area contributed by atoms with Crippen LogP contribution in [0.25, 0.3) is 10.9 Å². The third-order valence-electron chi connectivity index (χ3n) is 5.96. The lowest BCUT2D eigenvalue weighted by molar-refractivity contribution is -0.142. The van der Waals surface area contributed by atoms with Crippen molar-refractivity contribution in [1.29, 1.82) is 0 Å². The molecule has 0 spiro atoms. The van der Waals surface area contributed by atoms with E-state index in [1.807, 2.05) is 39.0 Å². The number of carbonyl (C=O) groups excluding carboxylic acids is 1. The van der Waals surface area contributed by atoms with Crippen LogP contribution in [-0.2, 0) is 9.53 Å². The average Bonchev–Trinajstić information content (AvgIpc) is 3.21. The molecule has 1 saturated carbocycles. The number of esters is 1. The predicted molar refractivity (Wildman–Crippen MR) is 123 cm³/mol. The Morgan fingerprint density at radius 1 is 1.26 bits per heavy atom. The minimum absolute atomic E-state index is 0.142. The topological polar surface area (TPSA) is 69.7 Å². The van der Waals surface area contributed by atoms with Gasteiger partial charge < -0.3 is 19.5 Å². The number of hydrogen-bond donors (Lipinski definition) is 1. The number of hydrogen-bond acceptors (Lipinski definition) is 6. The van der Waals surface area contributed by atoms with Gasteiger partial charge in [0.1, 0.15) is 23.6 Å². The Balaban J connectivity index is 0.00000132. The summed E-state index contributed by atoms with van der Waals surface area (Å²) in [7, 11) is 3.05. The number of benzene rings is 1. The standard InChI is InChI=1S/C22H27ClN2O4.C2H6/c1-12(23)19-16-9-14(27-2)7-8-17(16)25-20(13-5-4-6-13)21(19)29-15-10-18(24-11-15)22(26)28-3;1-2/h7-9,12-13,15,18,24H,4-6,10-11H2,1-3H3;1-2H3. The van der Waals surface area contributed by atoms with Crippen molar-refractivity contribution in [2.75, 3.05) is 20.8 Å². The predicted octanol–water partition coefficient (Wildman–Crippen LogP) is 5.12. The number of aromatic nitrogens is 1. The Bertz CT molecular complexity index is 914. The molecule has 0 bridgehead atoms. The molecule has 3 atom stereocenters. The van der Waals surface area contributed by atoms with Crippen molar-refractivity contribution in [1.82, 2.24) is 10.3 Å². The molecule has 0 amide bonds. The van der Waals surface area contributed by atoms with Gasteiger partial charge in [-0.25, -0.2) is 4.98 Å². The molecule has 2 fully saturated rings. The number of fused-ring (bicyclic) bond motifs is 1. The maximum atomic E-state index is 11.9. The summed E-state index contributed by atoms with van der Waals surface area (Å²) in [5.41, 5.74) is 2.83. The molecule has 1 aliphatic heterocycles. The van der Waals surface area contributed by atoms with Gasteiger partial charge in [-0.1, -0.05) is 20.3 Å². The summed E-state index contributed by atoms with van der Waals surface area (Å²) in [5.74, 6) is 1.66. The Morgan fingerprint density at radius 2 is 2.00 bits per heavy atom. The summed E-state index contributed by atoms with van der Waals surface area (Å²) in [4.78, 5) is 16.9. The lowest BCUT2D eigenvalue weighted by Gasteiger charge is -2.30. The summed E-state index contributed by atoms with van der Waals surface area (Å²) in [6.07, 6.45) is 3.83. The van der Waals surface area contributed by atoms with Crippen molar-refractivity contribution < 1.29 is 19.0 Å². The molecule has 3 unspecified atom stereocenters. The van der Waals surface area contributed by atoms with Gasteiger partial charge in [-0.15, -0.1) is 11.6 Å². The van der Waals surface area contributed by atoms with E-state index >= 15 is 0 Å². The average molecular weight is 449 g/mol. The van der Waals surface area contributed by atoms with E-state index < -0.39 is 0 Å². The van der Waals surface area contributed by atoms with Gasteiger partial charge in [-0.3, -0.25) is 4.79 Å². The highest BCUT2D eigenvalue weighted by molar-refractivity contribution is 6.21. The lowest BCUT2D eigenvalue weighted by Crippen LogP contribution is -2.31. The molecule has 1 aliphatic carbocycles. The Hall–Kier alpha value is -2.05. The fourth-order valence-corrected chi connectivity index (χ4v) is 4.37. The minimum atomic E-state index is -0.345. The number of ether oxygens (including phenoxy) is 3. The summed E-state index contributed by atoms with van der Waals surface area (Å²) in [6.45, 7) is 6.54. The first-order valence-corrected chi connectivity index (χ1v) is 11.6. The monoisotopic (exact) mass is 448 g/mol. The van der Waals surface area contributed by atoms with Gasteiger partial charge in [-0.05, 0) is 38.0 Å². The van der Waals surface area contributed by atoms with Crippen LogP contribution >= 0.6 is 11.6 Å². The zero-order chi connectivity index (χ0) is 22.5. The molecule has 7 heteroatoms. The summed E-state index contributed by atoms with van der Waals surface area (Å²) >= 11 is 6.67. The first kappa shape index (κ1) is 23.6. The smallest absolute Gasteiger partial charge is 0.323 e. The van der Waals surface area contributed by atoms with Crippen LogP contribution in [0.1, 0.15) is 69.0 Å². The zero-order valence-corrected chi connectivity index (χ0v) is 19.8. The largest absolute Gasteiger partial charge is 0.497 e. The maximum absolute atomic E-state index is 11.9. The molecule has 2 aliphatic rings. The van der Waals surface area contributed by atoms with Crippen molar-refractivity contribution in [3.63, 3.8) is 0 Å². The van der Waals surface area contributed by atoms with Gasteiger partial charge in [0.25, 0.3) is 0 Å². The molecular weight excluding hydrogens is 416 g/mol. The number of rotatable bonds is 6. The molecule has 1 N–H and O–H groups in total. The molecule has 6 nitrogen and oxygen atoms in total. The maximum Gasteiger partial charge on any atom is 0.323 e. The van der Waals surface area contributed by atoms with Crippen molar-refractivity contribution in [2.45, 2.75) is 69.9 Å². The second-order valence-electron chi connectivity index (χ2n) is 7.83. The number of alkyl halides is 1. The summed E-state index contributed by atoms with van der Waals surface area (Å²) in [5, 5.41) is 3.87. The van der Waals surface area contributed by atoms with Gasteiger partial charge in [-0.2, -0.15) is 0 Å². The van der Waals surface area contributed by atoms with Crippen LogP contribution in [-0.4, -0.2) is 43.9 Å². The quantitative estimate of drug-likeness (QED) is 0.488. The van der Waals surface area contributed by atoms with E-state index in [1.54, 1.807) is 7.11 Å². The highest BCUT2D eigenvalue weighted by Gasteiger charge is 2.35. The van der Waals surface area contributed by atoms with Crippen LogP contribution in [0.5, 0.6) is 11.5 Å². The highest BCUT2D eigenvalue weighted by atomic mass is 35.5. The molecule has 1 saturated heterocycles. The molecule has 4 rings (SSSR count). The Labute approximate surface area is 189 Å². The van der Waals surface area contributed by atoms with Crippen LogP contribution < -0.4 is 14.8 Å². The highest BCUT2D eigenvalue weighted by Crippen LogP contribution is 2.46. The van der Waals surface area contributed by atoms with Gasteiger partial charge in [0.2, 0.25) is 0 Å². The fraction of sp³-hybridized carbons (Fsp3) is 0.583. The second kappa shape index (κ2) is 10.5. The van der Waals surface area contributed by atoms with Crippen molar-refractivity contribution in [3.05, 3.63) is 29.5 Å². The van der Waals surface area contributed by atoms with E-state index in [0.29, 0.717) is 18.9 Å². The van der Waals surface area contributed by atoms with E-state index in [0.717, 1.165) is 46.5 Å². The Kier molecular flexibility index (Phi) is 8.00. The van der Waals surface area contributed by atoms with Gasteiger partial charge >= 0.3 is 5.97 Å². The molecule has 1 aromatic heterocycles. The molecule has 170 valence electrons. The van der Waals surface area contributed by atoms with Crippen LogP contribution in [0.3, 0.4) is 0 Å². The number of nitrogens with one attached hydrogen (secondary N) is 1. The number of carbonyl (C=O) groups is 1. The molecule has 0 radical (unpaired) electrons. The molecule has 1 aromatic carbocycles. The van der Waals surface area contributed by atoms with Gasteiger partial charge in [0, 0.05) is 29.8 Å². The molecular formula is C24H33ClN2O4. The lowest BCUT2D eigenvalue weighted by atomic mass is 9.81. The molecule has 2 heterocycles. The van der Waals surface area contributed by atoms with Crippen LogP contribution in [0.15, 0.2) is 18.2 Å². The van der Waals surface area contributed by atoms with Crippen molar-refractivity contribution in [3.8, 4) is 11.5 Å². The number of methoxy groups -OCH3 is 2. The third-order valence-corrected chi connectivity index (χ3v) is 6.18.